The second-order valence-electron chi connectivity index (χ2n) is 5.49. The zero-order chi connectivity index (χ0) is 15.6. The monoisotopic (exact) mass is 315 g/mol. The van der Waals surface area contributed by atoms with Gasteiger partial charge in [-0.3, -0.25) is 14.4 Å². The fraction of sp³-hybridized carbons (Fsp3) is 0.714. The summed E-state index contributed by atoms with van der Waals surface area (Å²) in [5, 5.41) is 14.3. The van der Waals surface area contributed by atoms with E-state index >= 15 is 0 Å². The van der Waals surface area contributed by atoms with Gasteiger partial charge in [-0.2, -0.15) is 5.10 Å². The molecule has 1 saturated heterocycles. The zero-order valence-corrected chi connectivity index (χ0v) is 13.4. The number of hydrogen-bond acceptors (Lipinski definition) is 4. The van der Waals surface area contributed by atoms with Gasteiger partial charge in [-0.1, -0.05) is 18.5 Å². The minimum atomic E-state index is -0.800. The number of nitrogens with zero attached hydrogens (tertiary/aromatic N) is 3. The van der Waals surface area contributed by atoms with Gasteiger partial charge in [0.2, 0.25) is 0 Å². The molecular formula is C14H22ClN3O3. The number of carboxylic acids is 1. The van der Waals surface area contributed by atoms with Crippen molar-refractivity contribution in [3.8, 4) is 0 Å². The van der Waals surface area contributed by atoms with Crippen LogP contribution >= 0.6 is 11.6 Å². The van der Waals surface area contributed by atoms with Crippen LogP contribution < -0.4 is 0 Å². The number of aliphatic carboxylic acids is 1. The summed E-state index contributed by atoms with van der Waals surface area (Å²) >= 11 is 6.31. The van der Waals surface area contributed by atoms with E-state index in [1.54, 1.807) is 4.68 Å². The molecule has 0 amide bonds. The van der Waals surface area contributed by atoms with Gasteiger partial charge < -0.3 is 9.84 Å². The Hall–Kier alpha value is -1.11. The van der Waals surface area contributed by atoms with Gasteiger partial charge in [0.25, 0.3) is 0 Å². The SMILES string of the molecule is CCCN(Cc1c(Cl)c(C)nn1C)C1COCC1C(=O)O. The van der Waals surface area contributed by atoms with Crippen LogP contribution in [-0.4, -0.2) is 51.6 Å². The molecule has 1 aliphatic heterocycles. The Morgan fingerprint density at radius 3 is 2.81 bits per heavy atom. The average Bonchev–Trinajstić information content (AvgIpc) is 2.99. The predicted molar refractivity (Wildman–Crippen MR) is 79.4 cm³/mol. The van der Waals surface area contributed by atoms with Crippen LogP contribution in [0.2, 0.25) is 5.02 Å². The number of carbonyl (C=O) groups is 1. The lowest BCUT2D eigenvalue weighted by Gasteiger charge is -2.30. The molecule has 7 heteroatoms. The summed E-state index contributed by atoms with van der Waals surface area (Å²) < 4.78 is 7.15. The van der Waals surface area contributed by atoms with Gasteiger partial charge in [0.05, 0.1) is 35.5 Å². The van der Waals surface area contributed by atoms with Crippen LogP contribution in [0.5, 0.6) is 0 Å². The summed E-state index contributed by atoms with van der Waals surface area (Å²) in [4.78, 5) is 13.5. The third-order valence-corrected chi connectivity index (χ3v) is 4.45. The molecule has 0 radical (unpaired) electrons. The maximum Gasteiger partial charge on any atom is 0.310 e. The summed E-state index contributed by atoms with van der Waals surface area (Å²) in [5.74, 6) is -1.28. The molecule has 1 aliphatic rings. The maximum absolute atomic E-state index is 11.4. The van der Waals surface area contributed by atoms with Crippen LogP contribution in [0.15, 0.2) is 0 Å². The molecule has 1 aromatic heterocycles. The van der Waals surface area contributed by atoms with E-state index in [0.29, 0.717) is 18.2 Å². The maximum atomic E-state index is 11.4. The van der Waals surface area contributed by atoms with E-state index < -0.39 is 11.9 Å². The Morgan fingerprint density at radius 2 is 2.29 bits per heavy atom. The lowest BCUT2D eigenvalue weighted by Crippen LogP contribution is -2.43. The molecule has 2 heterocycles. The van der Waals surface area contributed by atoms with Crippen LogP contribution in [0.1, 0.15) is 24.7 Å². The lowest BCUT2D eigenvalue weighted by molar-refractivity contribution is -0.143. The van der Waals surface area contributed by atoms with Gasteiger partial charge >= 0.3 is 5.97 Å². The van der Waals surface area contributed by atoms with Crippen molar-refractivity contribution < 1.29 is 14.6 Å². The van der Waals surface area contributed by atoms with Crippen molar-refractivity contribution in [2.45, 2.75) is 32.9 Å². The highest BCUT2D eigenvalue weighted by Gasteiger charge is 2.38. The third kappa shape index (κ3) is 3.39. The third-order valence-electron chi connectivity index (χ3n) is 3.96. The molecule has 2 atom stereocenters. The molecule has 2 rings (SSSR count). The Balaban J connectivity index is 2.21. The molecule has 1 aromatic rings. The Kier molecular flexibility index (Phi) is 5.24. The standard InChI is InChI=1S/C14H22ClN3O3/c1-4-5-18(12-8-21-7-10(12)14(19)20)6-11-13(15)9(2)16-17(11)3/h10,12H,4-8H2,1-3H3,(H,19,20). The van der Waals surface area contributed by atoms with Crippen molar-refractivity contribution in [2.24, 2.45) is 13.0 Å². The molecule has 21 heavy (non-hydrogen) atoms. The van der Waals surface area contributed by atoms with Crippen molar-refractivity contribution in [1.82, 2.24) is 14.7 Å². The molecule has 0 saturated carbocycles. The second kappa shape index (κ2) is 6.77. The van der Waals surface area contributed by atoms with E-state index in [4.69, 9.17) is 16.3 Å². The van der Waals surface area contributed by atoms with E-state index in [-0.39, 0.29) is 12.6 Å². The average molecular weight is 316 g/mol. The van der Waals surface area contributed by atoms with E-state index in [0.717, 1.165) is 24.4 Å². The number of aromatic nitrogens is 2. The van der Waals surface area contributed by atoms with Gasteiger partial charge in [0.15, 0.2) is 0 Å². The summed E-state index contributed by atoms with van der Waals surface area (Å²) in [7, 11) is 1.86. The molecular weight excluding hydrogens is 294 g/mol. The Morgan fingerprint density at radius 1 is 1.57 bits per heavy atom. The molecule has 1 N–H and O–H groups in total. The number of rotatable bonds is 6. The molecule has 118 valence electrons. The molecule has 0 aromatic carbocycles. The van der Waals surface area contributed by atoms with Crippen molar-refractivity contribution in [1.29, 1.82) is 0 Å². The fourth-order valence-electron chi connectivity index (χ4n) is 2.83. The highest BCUT2D eigenvalue weighted by molar-refractivity contribution is 6.31. The first-order valence-electron chi connectivity index (χ1n) is 7.18. The van der Waals surface area contributed by atoms with Crippen molar-refractivity contribution >= 4 is 17.6 Å². The lowest BCUT2D eigenvalue weighted by atomic mass is 10.0. The van der Waals surface area contributed by atoms with Crippen LogP contribution in [-0.2, 0) is 23.1 Å². The summed E-state index contributed by atoms with van der Waals surface area (Å²) in [6, 6.07) is -0.117. The predicted octanol–water partition coefficient (Wildman–Crippen LogP) is 1.69. The number of ether oxygens (including phenoxy) is 1. The number of aryl methyl sites for hydroxylation is 2. The highest BCUT2D eigenvalue weighted by atomic mass is 35.5. The van der Waals surface area contributed by atoms with E-state index in [1.807, 2.05) is 14.0 Å². The molecule has 1 fully saturated rings. The van der Waals surface area contributed by atoms with Gasteiger partial charge in [-0.05, 0) is 19.9 Å². The number of halogens is 1. The van der Waals surface area contributed by atoms with Crippen molar-refractivity contribution in [3.63, 3.8) is 0 Å². The first-order chi connectivity index (χ1) is 9.95. The molecule has 0 spiro atoms. The first-order valence-corrected chi connectivity index (χ1v) is 7.56. The fourth-order valence-corrected chi connectivity index (χ4v) is 3.05. The summed E-state index contributed by atoms with van der Waals surface area (Å²) in [6.07, 6.45) is 0.942. The minimum absolute atomic E-state index is 0.117. The van der Waals surface area contributed by atoms with Gasteiger partial charge in [-0.15, -0.1) is 0 Å². The molecule has 6 nitrogen and oxygen atoms in total. The Bertz CT molecular complexity index is 518. The van der Waals surface area contributed by atoms with Gasteiger partial charge in [-0.25, -0.2) is 0 Å². The zero-order valence-electron chi connectivity index (χ0n) is 12.7. The van der Waals surface area contributed by atoms with Crippen LogP contribution in [0, 0.1) is 12.8 Å². The second-order valence-corrected chi connectivity index (χ2v) is 5.87. The quantitative estimate of drug-likeness (QED) is 0.865. The summed E-state index contributed by atoms with van der Waals surface area (Å²) in [6.45, 7) is 6.06. The van der Waals surface area contributed by atoms with E-state index in [9.17, 15) is 9.90 Å². The largest absolute Gasteiger partial charge is 0.481 e. The van der Waals surface area contributed by atoms with Crippen molar-refractivity contribution in [3.05, 3.63) is 16.4 Å². The molecule has 2 unspecified atom stereocenters. The van der Waals surface area contributed by atoms with Crippen LogP contribution in [0.4, 0.5) is 0 Å². The van der Waals surface area contributed by atoms with E-state index in [2.05, 4.69) is 16.9 Å². The van der Waals surface area contributed by atoms with Crippen LogP contribution in [0.3, 0.4) is 0 Å². The first kappa shape index (κ1) is 16.3. The highest BCUT2D eigenvalue weighted by Crippen LogP contribution is 2.26. The van der Waals surface area contributed by atoms with Gasteiger partial charge in [0.1, 0.15) is 0 Å². The van der Waals surface area contributed by atoms with Crippen molar-refractivity contribution in [2.75, 3.05) is 19.8 Å². The number of hydrogen-bond donors (Lipinski definition) is 1. The topological polar surface area (TPSA) is 67.6 Å². The normalized spacial score (nSPS) is 22.1. The Labute approximate surface area is 129 Å². The molecule has 0 bridgehead atoms. The number of carboxylic acid groups (broad SMARTS) is 1. The minimum Gasteiger partial charge on any atom is -0.481 e. The summed E-state index contributed by atoms with van der Waals surface area (Å²) in [5.41, 5.74) is 1.71. The molecule has 0 aliphatic carbocycles. The van der Waals surface area contributed by atoms with Gasteiger partial charge in [0, 0.05) is 19.6 Å². The van der Waals surface area contributed by atoms with E-state index in [1.165, 1.54) is 0 Å². The smallest absolute Gasteiger partial charge is 0.310 e. The van der Waals surface area contributed by atoms with Crippen LogP contribution in [0.25, 0.3) is 0 Å².